The van der Waals surface area contributed by atoms with Crippen molar-refractivity contribution in [1.82, 2.24) is 24.4 Å². The van der Waals surface area contributed by atoms with Gasteiger partial charge in [-0.1, -0.05) is 12.1 Å². The van der Waals surface area contributed by atoms with Crippen LogP contribution in [0.15, 0.2) is 30.6 Å². The molecule has 5 nitrogen and oxygen atoms in total. The van der Waals surface area contributed by atoms with Gasteiger partial charge >= 0.3 is 0 Å². The van der Waals surface area contributed by atoms with Gasteiger partial charge in [-0.2, -0.15) is 0 Å². The van der Waals surface area contributed by atoms with E-state index < -0.39 is 0 Å². The molecule has 0 N–H and O–H groups in total. The quantitative estimate of drug-likeness (QED) is 0.727. The Kier molecular flexibility index (Phi) is 3.15. The SMILES string of the molecule is Cc1nc2ccccc2nc1CN1CCc2c(ncn2C)C1. The third kappa shape index (κ3) is 2.27. The van der Waals surface area contributed by atoms with Crippen molar-refractivity contribution in [3.8, 4) is 0 Å². The molecular formula is C17H19N5. The average molecular weight is 293 g/mol. The number of rotatable bonds is 2. The third-order valence-corrected chi connectivity index (χ3v) is 4.40. The van der Waals surface area contributed by atoms with Crippen LogP contribution in [0.2, 0.25) is 0 Å². The average Bonchev–Trinajstić information content (AvgIpc) is 2.89. The monoisotopic (exact) mass is 293 g/mol. The van der Waals surface area contributed by atoms with Gasteiger partial charge in [0, 0.05) is 38.8 Å². The van der Waals surface area contributed by atoms with Crippen molar-refractivity contribution in [1.29, 1.82) is 0 Å². The number of imidazole rings is 1. The Balaban J connectivity index is 1.60. The molecule has 3 aromatic rings. The van der Waals surface area contributed by atoms with E-state index in [9.17, 15) is 0 Å². The highest BCUT2D eigenvalue weighted by Gasteiger charge is 2.21. The van der Waals surface area contributed by atoms with Gasteiger partial charge in [-0.25, -0.2) is 15.0 Å². The van der Waals surface area contributed by atoms with E-state index in [1.807, 2.05) is 37.5 Å². The van der Waals surface area contributed by atoms with Crippen LogP contribution >= 0.6 is 0 Å². The van der Waals surface area contributed by atoms with E-state index in [0.717, 1.165) is 48.5 Å². The minimum Gasteiger partial charge on any atom is -0.337 e. The van der Waals surface area contributed by atoms with Gasteiger partial charge in [-0.05, 0) is 19.1 Å². The summed E-state index contributed by atoms with van der Waals surface area (Å²) in [5.74, 6) is 0. The molecule has 0 fully saturated rings. The van der Waals surface area contributed by atoms with Crippen LogP contribution in [0.3, 0.4) is 0 Å². The molecule has 0 saturated carbocycles. The number of benzene rings is 1. The zero-order valence-electron chi connectivity index (χ0n) is 13.0. The Morgan fingerprint density at radius 1 is 1.14 bits per heavy atom. The van der Waals surface area contributed by atoms with E-state index >= 15 is 0 Å². The first-order valence-corrected chi connectivity index (χ1v) is 7.64. The molecule has 1 aliphatic rings. The fraction of sp³-hybridized carbons (Fsp3) is 0.353. The summed E-state index contributed by atoms with van der Waals surface area (Å²) >= 11 is 0. The topological polar surface area (TPSA) is 46.8 Å². The first-order valence-electron chi connectivity index (χ1n) is 7.64. The first kappa shape index (κ1) is 13.4. The molecule has 0 bridgehead atoms. The van der Waals surface area contributed by atoms with Gasteiger partial charge < -0.3 is 4.57 Å². The zero-order chi connectivity index (χ0) is 15.1. The lowest BCUT2D eigenvalue weighted by atomic mass is 10.1. The molecule has 0 unspecified atom stereocenters. The lowest BCUT2D eigenvalue weighted by Gasteiger charge is -2.26. The fourth-order valence-electron chi connectivity index (χ4n) is 3.13. The third-order valence-electron chi connectivity index (χ3n) is 4.40. The normalized spacial score (nSPS) is 15.2. The molecule has 112 valence electrons. The second kappa shape index (κ2) is 5.18. The van der Waals surface area contributed by atoms with Crippen molar-refractivity contribution in [2.45, 2.75) is 26.4 Å². The van der Waals surface area contributed by atoms with Crippen LogP contribution in [0, 0.1) is 6.92 Å². The van der Waals surface area contributed by atoms with Crippen molar-refractivity contribution in [2.75, 3.05) is 6.54 Å². The van der Waals surface area contributed by atoms with E-state index in [2.05, 4.69) is 26.5 Å². The highest BCUT2D eigenvalue weighted by molar-refractivity contribution is 5.74. The molecule has 3 heterocycles. The van der Waals surface area contributed by atoms with Crippen molar-refractivity contribution < 1.29 is 0 Å². The largest absolute Gasteiger partial charge is 0.337 e. The first-order chi connectivity index (χ1) is 10.7. The predicted molar refractivity (Wildman–Crippen MR) is 85.3 cm³/mol. The number of aryl methyl sites for hydroxylation is 2. The van der Waals surface area contributed by atoms with Gasteiger partial charge in [0.15, 0.2) is 0 Å². The molecular weight excluding hydrogens is 274 g/mol. The Hall–Kier alpha value is -2.27. The highest BCUT2D eigenvalue weighted by Crippen LogP contribution is 2.20. The predicted octanol–water partition coefficient (Wildman–Crippen LogP) is 2.23. The van der Waals surface area contributed by atoms with E-state index in [4.69, 9.17) is 4.98 Å². The molecule has 4 rings (SSSR count). The molecule has 0 radical (unpaired) electrons. The van der Waals surface area contributed by atoms with Crippen molar-refractivity contribution >= 4 is 11.0 Å². The van der Waals surface area contributed by atoms with Crippen LogP contribution in [0.5, 0.6) is 0 Å². The van der Waals surface area contributed by atoms with Crippen LogP contribution in [-0.4, -0.2) is 31.0 Å². The highest BCUT2D eigenvalue weighted by atomic mass is 15.2. The molecule has 0 atom stereocenters. The molecule has 0 amide bonds. The molecule has 0 aliphatic carbocycles. The number of fused-ring (bicyclic) bond motifs is 2. The van der Waals surface area contributed by atoms with Crippen LogP contribution in [0.1, 0.15) is 22.8 Å². The van der Waals surface area contributed by atoms with Gasteiger partial charge in [-0.15, -0.1) is 0 Å². The summed E-state index contributed by atoms with van der Waals surface area (Å²) in [4.78, 5) is 16.4. The summed E-state index contributed by atoms with van der Waals surface area (Å²) in [5, 5.41) is 0. The maximum atomic E-state index is 4.80. The molecule has 1 aromatic carbocycles. The summed E-state index contributed by atoms with van der Waals surface area (Å²) in [6.45, 7) is 4.81. The van der Waals surface area contributed by atoms with Gasteiger partial charge in [0.2, 0.25) is 0 Å². The maximum Gasteiger partial charge on any atom is 0.0949 e. The minimum absolute atomic E-state index is 0.833. The zero-order valence-corrected chi connectivity index (χ0v) is 13.0. The number of para-hydroxylation sites is 2. The smallest absolute Gasteiger partial charge is 0.0949 e. The van der Waals surface area contributed by atoms with Gasteiger partial charge in [0.1, 0.15) is 0 Å². The molecule has 5 heteroatoms. The standard InChI is InChI=1S/C17H19N5/c1-12-15(20-14-6-4-3-5-13(14)19-12)9-22-8-7-17-16(10-22)18-11-21(17)2/h3-6,11H,7-10H2,1-2H3. The lowest BCUT2D eigenvalue weighted by Crippen LogP contribution is -2.31. The summed E-state index contributed by atoms with van der Waals surface area (Å²) in [6, 6.07) is 8.05. The molecule has 0 saturated heterocycles. The second-order valence-electron chi connectivity index (χ2n) is 5.95. The second-order valence-corrected chi connectivity index (χ2v) is 5.95. The number of hydrogen-bond donors (Lipinski definition) is 0. The Bertz CT molecular complexity index is 836. The molecule has 1 aliphatic heterocycles. The number of hydrogen-bond acceptors (Lipinski definition) is 4. The lowest BCUT2D eigenvalue weighted by molar-refractivity contribution is 0.237. The van der Waals surface area contributed by atoms with Crippen LogP contribution in [0.4, 0.5) is 0 Å². The van der Waals surface area contributed by atoms with Gasteiger partial charge in [0.25, 0.3) is 0 Å². The van der Waals surface area contributed by atoms with Crippen molar-refractivity contribution in [3.63, 3.8) is 0 Å². The van der Waals surface area contributed by atoms with Crippen molar-refractivity contribution in [3.05, 3.63) is 53.4 Å². The summed E-state index contributed by atoms with van der Waals surface area (Å²) < 4.78 is 2.13. The summed E-state index contributed by atoms with van der Waals surface area (Å²) in [5.41, 5.74) is 6.58. The summed E-state index contributed by atoms with van der Waals surface area (Å²) in [6.07, 6.45) is 2.96. The maximum absolute atomic E-state index is 4.80. The van der Waals surface area contributed by atoms with E-state index in [1.54, 1.807) is 0 Å². The van der Waals surface area contributed by atoms with Gasteiger partial charge in [0.05, 0.1) is 34.4 Å². The van der Waals surface area contributed by atoms with E-state index in [0.29, 0.717) is 0 Å². The van der Waals surface area contributed by atoms with Crippen LogP contribution in [-0.2, 0) is 26.6 Å². The van der Waals surface area contributed by atoms with Gasteiger partial charge in [-0.3, -0.25) is 4.90 Å². The van der Waals surface area contributed by atoms with Crippen molar-refractivity contribution in [2.24, 2.45) is 7.05 Å². The van der Waals surface area contributed by atoms with E-state index in [-0.39, 0.29) is 0 Å². The number of aromatic nitrogens is 4. The minimum atomic E-state index is 0.833. The molecule has 0 spiro atoms. The Labute approximate surface area is 129 Å². The van der Waals surface area contributed by atoms with Crippen LogP contribution in [0.25, 0.3) is 11.0 Å². The Morgan fingerprint density at radius 2 is 1.91 bits per heavy atom. The van der Waals surface area contributed by atoms with E-state index in [1.165, 1.54) is 11.4 Å². The fourth-order valence-corrected chi connectivity index (χ4v) is 3.13. The molecule has 2 aromatic heterocycles. The molecule has 22 heavy (non-hydrogen) atoms. The Morgan fingerprint density at radius 3 is 2.73 bits per heavy atom. The summed E-state index contributed by atoms with van der Waals surface area (Å²) in [7, 11) is 2.07. The number of nitrogens with zero attached hydrogens (tertiary/aromatic N) is 5. The van der Waals surface area contributed by atoms with Crippen LogP contribution < -0.4 is 0 Å².